The number of hydrogen-bond donors (Lipinski definition) is 3. The highest BCUT2D eigenvalue weighted by Crippen LogP contribution is 2.35. The van der Waals surface area contributed by atoms with Crippen LogP contribution in [-0.4, -0.2) is 30.8 Å². The number of aromatic nitrogens is 1. The molecule has 7 nitrogen and oxygen atoms in total. The maximum Gasteiger partial charge on any atom is 0.248 e. The number of methoxy groups -OCH3 is 1. The van der Waals surface area contributed by atoms with E-state index < -0.39 is 5.91 Å². The fraction of sp³-hybridized carbons (Fsp3) is 0.208. The molecule has 0 saturated carbocycles. The molecule has 0 fully saturated rings. The SMILES string of the molecule is COC(c1cccc(N/C=C\C=N)c1)c1cnc(N2CCc3ccc(C(N)=O)cc3C2)s1. The van der Waals surface area contributed by atoms with E-state index in [1.54, 1.807) is 36.8 Å². The van der Waals surface area contributed by atoms with Gasteiger partial charge in [0.05, 0.1) is 4.88 Å². The Hall–Kier alpha value is -3.49. The Balaban J connectivity index is 1.53. The van der Waals surface area contributed by atoms with E-state index in [4.69, 9.17) is 15.9 Å². The van der Waals surface area contributed by atoms with Gasteiger partial charge < -0.3 is 26.1 Å². The molecule has 1 unspecified atom stereocenters. The van der Waals surface area contributed by atoms with Crippen molar-refractivity contribution in [3.05, 3.63) is 88.1 Å². The van der Waals surface area contributed by atoms with Crippen LogP contribution < -0.4 is 16.0 Å². The molecule has 0 spiro atoms. The Morgan fingerprint density at radius 1 is 1.31 bits per heavy atom. The molecule has 1 amide bonds. The van der Waals surface area contributed by atoms with Gasteiger partial charge in [-0.3, -0.25) is 4.79 Å². The van der Waals surface area contributed by atoms with Crippen LogP contribution in [0.4, 0.5) is 10.8 Å². The minimum absolute atomic E-state index is 0.228. The monoisotopic (exact) mass is 447 g/mol. The van der Waals surface area contributed by atoms with Crippen LogP contribution in [0.3, 0.4) is 0 Å². The van der Waals surface area contributed by atoms with Gasteiger partial charge in [-0.2, -0.15) is 0 Å². The molecular weight excluding hydrogens is 422 g/mol. The number of nitrogens with two attached hydrogens (primary N) is 1. The summed E-state index contributed by atoms with van der Waals surface area (Å²) in [5, 5.41) is 11.2. The van der Waals surface area contributed by atoms with Gasteiger partial charge in [-0.15, -0.1) is 0 Å². The molecule has 0 radical (unpaired) electrons. The first-order valence-corrected chi connectivity index (χ1v) is 11.1. The Bertz CT molecular complexity index is 1160. The fourth-order valence-electron chi connectivity index (χ4n) is 3.82. The van der Waals surface area contributed by atoms with Crippen LogP contribution in [0.5, 0.6) is 0 Å². The molecule has 3 aromatic rings. The van der Waals surface area contributed by atoms with Crippen molar-refractivity contribution >= 4 is 34.3 Å². The molecule has 1 atom stereocenters. The van der Waals surface area contributed by atoms with E-state index in [0.29, 0.717) is 12.1 Å². The number of allylic oxidation sites excluding steroid dienone is 1. The zero-order valence-electron chi connectivity index (χ0n) is 17.7. The number of fused-ring (bicyclic) bond motifs is 1. The molecule has 0 aliphatic carbocycles. The molecule has 0 saturated heterocycles. The van der Waals surface area contributed by atoms with Crippen molar-refractivity contribution in [2.45, 2.75) is 19.1 Å². The average Bonchev–Trinajstić information content (AvgIpc) is 3.29. The topological polar surface area (TPSA) is 104 Å². The van der Waals surface area contributed by atoms with Crippen LogP contribution in [0.15, 0.2) is 60.9 Å². The van der Waals surface area contributed by atoms with E-state index in [0.717, 1.165) is 39.8 Å². The summed E-state index contributed by atoms with van der Waals surface area (Å²) in [5.41, 5.74) is 10.3. The van der Waals surface area contributed by atoms with Gasteiger partial charge in [0.2, 0.25) is 5.91 Å². The second-order valence-electron chi connectivity index (χ2n) is 7.48. The Morgan fingerprint density at radius 2 is 2.19 bits per heavy atom. The average molecular weight is 448 g/mol. The molecule has 1 aliphatic heterocycles. The second-order valence-corrected chi connectivity index (χ2v) is 8.52. The summed E-state index contributed by atoms with van der Waals surface area (Å²) in [6, 6.07) is 13.7. The molecule has 4 N–H and O–H groups in total. The van der Waals surface area contributed by atoms with Crippen LogP contribution in [0.2, 0.25) is 0 Å². The highest BCUT2D eigenvalue weighted by atomic mass is 32.1. The lowest BCUT2D eigenvalue weighted by atomic mass is 9.97. The van der Waals surface area contributed by atoms with Crippen molar-refractivity contribution in [3.63, 3.8) is 0 Å². The zero-order chi connectivity index (χ0) is 22.5. The maximum atomic E-state index is 11.5. The molecular formula is C24H25N5O2S. The van der Waals surface area contributed by atoms with Crippen molar-refractivity contribution in [3.8, 4) is 0 Å². The maximum absolute atomic E-state index is 11.5. The zero-order valence-corrected chi connectivity index (χ0v) is 18.6. The number of ether oxygens (including phenoxy) is 1. The number of carbonyl (C=O) groups excluding carboxylic acids is 1. The van der Waals surface area contributed by atoms with E-state index >= 15 is 0 Å². The van der Waals surface area contributed by atoms with Crippen molar-refractivity contribution in [2.24, 2.45) is 5.73 Å². The van der Waals surface area contributed by atoms with Gasteiger partial charge >= 0.3 is 0 Å². The largest absolute Gasteiger partial charge is 0.371 e. The van der Waals surface area contributed by atoms with Crippen LogP contribution in [-0.2, 0) is 17.7 Å². The number of rotatable bonds is 8. The van der Waals surface area contributed by atoms with Crippen molar-refractivity contribution < 1.29 is 9.53 Å². The third-order valence-electron chi connectivity index (χ3n) is 5.41. The van der Waals surface area contributed by atoms with E-state index in [9.17, 15) is 4.79 Å². The standard InChI is InChI=1S/C24H25N5O2S/c1-31-22(17-4-2-5-20(13-17)27-10-3-9-25)21-14-28-24(32-21)29-11-8-16-6-7-18(23(26)30)12-19(16)15-29/h2-7,9-10,12-14,22,25,27H,8,11,15H2,1H3,(H2,26,30)/b10-3-,25-9?. The molecule has 2 heterocycles. The second kappa shape index (κ2) is 9.76. The summed E-state index contributed by atoms with van der Waals surface area (Å²) < 4.78 is 5.82. The van der Waals surface area contributed by atoms with Gasteiger partial charge in [0.25, 0.3) is 0 Å². The van der Waals surface area contributed by atoms with Crippen molar-refractivity contribution in [1.82, 2.24) is 4.98 Å². The molecule has 8 heteroatoms. The minimum atomic E-state index is -0.408. The van der Waals surface area contributed by atoms with Gasteiger partial charge in [-0.1, -0.05) is 29.5 Å². The smallest absolute Gasteiger partial charge is 0.248 e. The van der Waals surface area contributed by atoms with Crippen molar-refractivity contribution in [1.29, 1.82) is 5.41 Å². The molecule has 164 valence electrons. The molecule has 4 rings (SSSR count). The number of benzene rings is 2. The predicted octanol–water partition coefficient (Wildman–Crippen LogP) is 4.12. The van der Waals surface area contributed by atoms with Gasteiger partial charge in [0.15, 0.2) is 5.13 Å². The number of primary amides is 1. The lowest BCUT2D eigenvalue weighted by molar-refractivity contribution is 0.1000. The van der Waals surface area contributed by atoms with Gasteiger partial charge in [0.1, 0.15) is 6.10 Å². The number of thiazole rings is 1. The number of nitrogens with one attached hydrogen (secondary N) is 2. The van der Waals surface area contributed by atoms with E-state index in [2.05, 4.69) is 15.2 Å². The number of anilines is 2. The molecule has 2 aromatic carbocycles. The number of amides is 1. The highest BCUT2D eigenvalue weighted by Gasteiger charge is 2.23. The van der Waals surface area contributed by atoms with Crippen LogP contribution in [0.25, 0.3) is 0 Å². The van der Waals surface area contributed by atoms with Crippen LogP contribution >= 0.6 is 11.3 Å². The first kappa shape index (κ1) is 21.7. The lowest BCUT2D eigenvalue weighted by Crippen LogP contribution is -2.30. The summed E-state index contributed by atoms with van der Waals surface area (Å²) >= 11 is 1.61. The third-order valence-corrected chi connectivity index (χ3v) is 6.51. The normalized spacial score (nSPS) is 14.2. The van der Waals surface area contributed by atoms with Crippen molar-refractivity contribution in [2.75, 3.05) is 23.9 Å². The molecule has 0 bridgehead atoms. The van der Waals surface area contributed by atoms with Gasteiger partial charge in [0, 0.05) is 50.1 Å². The first-order valence-electron chi connectivity index (χ1n) is 10.3. The van der Waals surface area contributed by atoms with Gasteiger partial charge in [-0.05, 0) is 53.5 Å². The summed E-state index contributed by atoms with van der Waals surface area (Å²) in [6.45, 7) is 1.56. The minimum Gasteiger partial charge on any atom is -0.371 e. The summed E-state index contributed by atoms with van der Waals surface area (Å²) in [4.78, 5) is 19.5. The molecule has 1 aliphatic rings. The summed E-state index contributed by atoms with van der Waals surface area (Å²) in [7, 11) is 1.70. The van der Waals surface area contributed by atoms with Gasteiger partial charge in [-0.25, -0.2) is 4.98 Å². The quantitative estimate of drug-likeness (QED) is 0.451. The molecule has 32 heavy (non-hydrogen) atoms. The number of carbonyl (C=O) groups is 1. The Labute approximate surface area is 191 Å². The van der Waals surface area contributed by atoms with Crippen LogP contribution in [0.1, 0.15) is 38.0 Å². The Kier molecular flexibility index (Phi) is 6.63. The summed E-state index contributed by atoms with van der Waals surface area (Å²) in [5.74, 6) is -0.408. The first-order chi connectivity index (χ1) is 15.6. The fourth-order valence-corrected chi connectivity index (χ4v) is 4.86. The van der Waals surface area contributed by atoms with E-state index in [1.807, 2.05) is 42.6 Å². The third kappa shape index (κ3) is 4.71. The van der Waals surface area contributed by atoms with E-state index in [-0.39, 0.29) is 6.10 Å². The Morgan fingerprint density at radius 3 is 2.97 bits per heavy atom. The van der Waals surface area contributed by atoms with E-state index in [1.165, 1.54) is 11.8 Å². The van der Waals surface area contributed by atoms with Crippen LogP contribution in [0, 0.1) is 5.41 Å². The lowest BCUT2D eigenvalue weighted by Gasteiger charge is -2.28. The number of hydrogen-bond acceptors (Lipinski definition) is 7. The molecule has 1 aromatic heterocycles. The summed E-state index contributed by atoms with van der Waals surface area (Å²) in [6.07, 6.45) is 7.11. The predicted molar refractivity (Wildman–Crippen MR) is 129 cm³/mol. The number of nitrogens with zero attached hydrogens (tertiary/aromatic N) is 2. The highest BCUT2D eigenvalue weighted by molar-refractivity contribution is 7.15.